The largest absolute Gasteiger partial charge is 0.359 e. The van der Waals surface area contributed by atoms with Crippen molar-refractivity contribution in [3.05, 3.63) is 107 Å². The summed E-state index contributed by atoms with van der Waals surface area (Å²) in [7, 11) is 0. The Labute approximate surface area is 152 Å². The number of thiocarbonyl (C=S) groups is 1. The molecule has 25 heavy (non-hydrogen) atoms. The molecular weight excluding hydrogens is 331 g/mol. The fraction of sp³-hybridized carbons (Fsp3) is 0.0952. The number of nitrogens with one attached hydrogen (secondary N) is 2. The Hall–Kier alpha value is -2.72. The van der Waals surface area contributed by atoms with Crippen molar-refractivity contribution in [1.82, 2.24) is 10.6 Å². The summed E-state index contributed by atoms with van der Waals surface area (Å²) < 4.78 is 13.0. The van der Waals surface area contributed by atoms with Gasteiger partial charge in [-0.15, -0.1) is 0 Å². The highest BCUT2D eigenvalue weighted by Gasteiger charge is 2.14. The molecule has 0 unspecified atom stereocenters. The first-order chi connectivity index (χ1) is 12.2. The third kappa shape index (κ3) is 4.88. The summed E-state index contributed by atoms with van der Waals surface area (Å²) >= 11 is 5.46. The fourth-order valence-electron chi connectivity index (χ4n) is 2.62. The smallest absolute Gasteiger partial charge is 0.167 e. The van der Waals surface area contributed by atoms with E-state index in [2.05, 4.69) is 34.9 Å². The van der Waals surface area contributed by atoms with Crippen LogP contribution in [0.15, 0.2) is 84.9 Å². The second kappa shape index (κ2) is 8.40. The second-order valence-corrected chi connectivity index (χ2v) is 6.12. The lowest BCUT2D eigenvalue weighted by Crippen LogP contribution is -2.37. The third-order valence-corrected chi connectivity index (χ3v) is 4.17. The topological polar surface area (TPSA) is 24.1 Å². The molecule has 3 aromatic carbocycles. The Balaban J connectivity index is 1.69. The molecule has 0 bridgehead atoms. The van der Waals surface area contributed by atoms with Crippen LogP contribution in [-0.2, 0) is 6.54 Å². The van der Waals surface area contributed by atoms with Crippen molar-refractivity contribution in [2.45, 2.75) is 12.6 Å². The highest BCUT2D eigenvalue weighted by atomic mass is 32.1. The zero-order valence-electron chi connectivity index (χ0n) is 13.7. The van der Waals surface area contributed by atoms with Crippen LogP contribution in [0.5, 0.6) is 0 Å². The molecule has 3 aromatic rings. The van der Waals surface area contributed by atoms with Gasteiger partial charge >= 0.3 is 0 Å². The molecule has 0 aromatic heterocycles. The quantitative estimate of drug-likeness (QED) is 0.659. The van der Waals surface area contributed by atoms with Gasteiger partial charge in [0, 0.05) is 6.54 Å². The molecular formula is C21H19FN2S. The van der Waals surface area contributed by atoms with Crippen molar-refractivity contribution in [2.24, 2.45) is 0 Å². The lowest BCUT2D eigenvalue weighted by Gasteiger charge is -2.22. The molecule has 0 amide bonds. The van der Waals surface area contributed by atoms with Crippen molar-refractivity contribution >= 4 is 17.3 Å². The van der Waals surface area contributed by atoms with Crippen molar-refractivity contribution in [2.75, 3.05) is 0 Å². The third-order valence-electron chi connectivity index (χ3n) is 3.91. The van der Waals surface area contributed by atoms with Crippen LogP contribution in [0.3, 0.4) is 0 Å². The van der Waals surface area contributed by atoms with Crippen LogP contribution in [-0.4, -0.2) is 5.11 Å². The van der Waals surface area contributed by atoms with Crippen molar-refractivity contribution < 1.29 is 4.39 Å². The van der Waals surface area contributed by atoms with Crippen LogP contribution in [0.25, 0.3) is 0 Å². The molecule has 0 aliphatic rings. The molecule has 2 nitrogen and oxygen atoms in total. The monoisotopic (exact) mass is 350 g/mol. The molecule has 0 spiro atoms. The van der Waals surface area contributed by atoms with Gasteiger partial charge in [-0.05, 0) is 41.0 Å². The maximum Gasteiger partial charge on any atom is 0.167 e. The van der Waals surface area contributed by atoms with E-state index >= 15 is 0 Å². The summed E-state index contributed by atoms with van der Waals surface area (Å²) in [5.74, 6) is -0.238. The van der Waals surface area contributed by atoms with E-state index in [0.29, 0.717) is 11.7 Å². The minimum Gasteiger partial charge on any atom is -0.359 e. The standard InChI is InChI=1S/C21H19FN2S/c22-19-13-11-16(12-14-19)15-23-21(25)24-20(17-7-3-1-4-8-17)18-9-5-2-6-10-18/h1-14,20H,15H2,(H2,23,24,25). The molecule has 0 saturated carbocycles. The predicted octanol–water partition coefficient (Wildman–Crippen LogP) is 4.58. The number of hydrogen-bond donors (Lipinski definition) is 2. The van der Waals surface area contributed by atoms with Gasteiger partial charge in [0.15, 0.2) is 5.11 Å². The molecule has 0 atom stereocenters. The normalized spacial score (nSPS) is 10.5. The van der Waals surface area contributed by atoms with Gasteiger partial charge in [0.1, 0.15) is 5.82 Å². The number of halogens is 1. The average molecular weight is 350 g/mol. The summed E-state index contributed by atoms with van der Waals surface area (Å²) in [5.41, 5.74) is 3.25. The second-order valence-electron chi connectivity index (χ2n) is 5.71. The first-order valence-corrected chi connectivity index (χ1v) is 8.52. The van der Waals surface area contributed by atoms with Gasteiger partial charge in [-0.3, -0.25) is 0 Å². The summed E-state index contributed by atoms with van der Waals surface area (Å²) in [6, 6.07) is 26.7. The van der Waals surface area contributed by atoms with E-state index in [1.54, 1.807) is 12.1 Å². The summed E-state index contributed by atoms with van der Waals surface area (Å²) in [5, 5.41) is 7.12. The first kappa shape index (κ1) is 17.1. The van der Waals surface area contributed by atoms with E-state index in [9.17, 15) is 4.39 Å². The Morgan fingerprint density at radius 2 is 1.32 bits per heavy atom. The molecule has 0 radical (unpaired) electrons. The predicted molar refractivity (Wildman–Crippen MR) is 104 cm³/mol. The lowest BCUT2D eigenvalue weighted by molar-refractivity contribution is 0.626. The molecule has 0 aliphatic heterocycles. The maximum absolute atomic E-state index is 13.0. The zero-order valence-corrected chi connectivity index (χ0v) is 14.5. The molecule has 0 heterocycles. The van der Waals surface area contributed by atoms with Crippen LogP contribution < -0.4 is 10.6 Å². The van der Waals surface area contributed by atoms with E-state index in [4.69, 9.17) is 12.2 Å². The molecule has 4 heteroatoms. The number of benzene rings is 3. The van der Waals surface area contributed by atoms with Gasteiger partial charge in [-0.25, -0.2) is 4.39 Å². The van der Waals surface area contributed by atoms with Gasteiger partial charge in [-0.1, -0.05) is 72.8 Å². The molecule has 0 aliphatic carbocycles. The van der Waals surface area contributed by atoms with Gasteiger partial charge in [0.2, 0.25) is 0 Å². The highest BCUT2D eigenvalue weighted by Crippen LogP contribution is 2.21. The molecule has 2 N–H and O–H groups in total. The van der Waals surface area contributed by atoms with Gasteiger partial charge in [-0.2, -0.15) is 0 Å². The van der Waals surface area contributed by atoms with E-state index < -0.39 is 0 Å². The average Bonchev–Trinajstić information content (AvgIpc) is 2.67. The van der Waals surface area contributed by atoms with Gasteiger partial charge < -0.3 is 10.6 Å². The van der Waals surface area contributed by atoms with Crippen molar-refractivity contribution in [3.63, 3.8) is 0 Å². The Kier molecular flexibility index (Phi) is 5.75. The van der Waals surface area contributed by atoms with Crippen LogP contribution in [0.2, 0.25) is 0 Å². The van der Waals surface area contributed by atoms with Gasteiger partial charge in [0.05, 0.1) is 6.04 Å². The molecule has 3 rings (SSSR count). The molecule has 126 valence electrons. The Morgan fingerprint density at radius 3 is 1.84 bits per heavy atom. The summed E-state index contributed by atoms with van der Waals surface area (Å²) in [6.07, 6.45) is 0. The van der Waals surface area contributed by atoms with Crippen LogP contribution in [0, 0.1) is 5.82 Å². The highest BCUT2D eigenvalue weighted by molar-refractivity contribution is 7.80. The fourth-order valence-corrected chi connectivity index (χ4v) is 2.81. The van der Waals surface area contributed by atoms with E-state index in [0.717, 1.165) is 16.7 Å². The minimum absolute atomic E-state index is 0.0318. The van der Waals surface area contributed by atoms with Crippen molar-refractivity contribution in [3.8, 4) is 0 Å². The Morgan fingerprint density at radius 1 is 0.800 bits per heavy atom. The molecule has 0 fully saturated rings. The maximum atomic E-state index is 13.0. The van der Waals surface area contributed by atoms with Crippen LogP contribution in [0.4, 0.5) is 4.39 Å². The zero-order chi connectivity index (χ0) is 17.5. The minimum atomic E-state index is -0.238. The van der Waals surface area contributed by atoms with Crippen LogP contribution in [0.1, 0.15) is 22.7 Å². The van der Waals surface area contributed by atoms with Crippen molar-refractivity contribution in [1.29, 1.82) is 0 Å². The Bertz CT molecular complexity index is 765. The summed E-state index contributed by atoms with van der Waals surface area (Å²) in [6.45, 7) is 0.544. The van der Waals surface area contributed by atoms with Crippen LogP contribution >= 0.6 is 12.2 Å². The molecule has 0 saturated heterocycles. The number of hydrogen-bond acceptors (Lipinski definition) is 1. The summed E-state index contributed by atoms with van der Waals surface area (Å²) in [4.78, 5) is 0. The van der Waals surface area contributed by atoms with E-state index in [-0.39, 0.29) is 11.9 Å². The lowest BCUT2D eigenvalue weighted by atomic mass is 9.99. The first-order valence-electron chi connectivity index (χ1n) is 8.11. The SMILES string of the molecule is Fc1ccc(CNC(=S)NC(c2ccccc2)c2ccccc2)cc1. The van der Waals surface area contributed by atoms with E-state index in [1.807, 2.05) is 36.4 Å². The number of rotatable bonds is 5. The van der Waals surface area contributed by atoms with Gasteiger partial charge in [0.25, 0.3) is 0 Å². The van der Waals surface area contributed by atoms with E-state index in [1.165, 1.54) is 12.1 Å².